The summed E-state index contributed by atoms with van der Waals surface area (Å²) in [4.78, 5) is 20.3. The first-order chi connectivity index (χ1) is 15.2. The van der Waals surface area contributed by atoms with Gasteiger partial charge in [0.2, 0.25) is 0 Å². The number of aromatic amines is 1. The fourth-order valence-electron chi connectivity index (χ4n) is 4.75. The molecule has 1 aromatic carbocycles. The first kappa shape index (κ1) is 21.6. The number of H-pyrrole nitrogens is 1. The van der Waals surface area contributed by atoms with Crippen LogP contribution in [-0.2, 0) is 11.2 Å². The molecule has 0 radical (unpaired) electrons. The number of aromatic nitrogens is 1. The Morgan fingerprint density at radius 2 is 1.90 bits per heavy atom. The summed E-state index contributed by atoms with van der Waals surface area (Å²) in [5, 5.41) is 0. The molecule has 2 aliphatic rings. The average molecular weight is 428 g/mol. The molecule has 1 unspecified atom stereocenters. The number of methoxy groups -OCH3 is 2. The normalized spacial score (nSPS) is 19.7. The quantitative estimate of drug-likeness (QED) is 0.764. The lowest BCUT2D eigenvalue weighted by atomic mass is 9.99. The van der Waals surface area contributed by atoms with Gasteiger partial charge in [0.25, 0.3) is 5.56 Å². The van der Waals surface area contributed by atoms with Crippen LogP contribution in [0.1, 0.15) is 31.2 Å². The van der Waals surface area contributed by atoms with Gasteiger partial charge in [-0.3, -0.25) is 4.79 Å². The number of morpholine rings is 1. The Morgan fingerprint density at radius 1 is 1.06 bits per heavy atom. The number of para-hydroxylation sites is 1. The Morgan fingerprint density at radius 3 is 2.68 bits per heavy atom. The minimum Gasteiger partial charge on any atom is -0.493 e. The van der Waals surface area contributed by atoms with Crippen LogP contribution in [0.3, 0.4) is 0 Å². The lowest BCUT2D eigenvalue weighted by molar-refractivity contribution is 0.122. The van der Waals surface area contributed by atoms with E-state index in [9.17, 15) is 4.79 Å². The summed E-state index contributed by atoms with van der Waals surface area (Å²) >= 11 is 0. The zero-order valence-corrected chi connectivity index (χ0v) is 18.6. The van der Waals surface area contributed by atoms with E-state index in [1.165, 1.54) is 12.8 Å². The predicted octanol–water partition coefficient (Wildman–Crippen LogP) is 3.22. The van der Waals surface area contributed by atoms with Gasteiger partial charge in [-0.25, -0.2) is 0 Å². The van der Waals surface area contributed by atoms with Crippen LogP contribution in [0.4, 0.5) is 11.5 Å². The van der Waals surface area contributed by atoms with Crippen molar-refractivity contribution >= 4 is 11.5 Å². The highest BCUT2D eigenvalue weighted by molar-refractivity contribution is 5.56. The number of ether oxygens (including phenoxy) is 3. The number of hydrogen-bond acceptors (Lipinski definition) is 6. The molecule has 0 aliphatic carbocycles. The lowest BCUT2D eigenvalue weighted by Crippen LogP contribution is -2.39. The monoisotopic (exact) mass is 427 g/mol. The maximum absolute atomic E-state index is 12.6. The molecule has 1 atom stereocenters. The van der Waals surface area contributed by atoms with Gasteiger partial charge in [-0.1, -0.05) is 25.0 Å². The van der Waals surface area contributed by atoms with Gasteiger partial charge in [0.15, 0.2) is 11.5 Å². The highest BCUT2D eigenvalue weighted by atomic mass is 16.5. The number of nitrogens with one attached hydrogen (secondary N) is 1. The third-order valence-electron chi connectivity index (χ3n) is 6.32. The summed E-state index contributed by atoms with van der Waals surface area (Å²) < 4.78 is 16.7. The fraction of sp³-hybridized carbons (Fsp3) is 0.542. The second-order valence-corrected chi connectivity index (χ2v) is 8.24. The van der Waals surface area contributed by atoms with E-state index in [4.69, 9.17) is 14.2 Å². The van der Waals surface area contributed by atoms with Crippen molar-refractivity contribution in [3.8, 4) is 11.5 Å². The largest absolute Gasteiger partial charge is 0.493 e. The Hall–Kier alpha value is -2.67. The van der Waals surface area contributed by atoms with Crippen molar-refractivity contribution in [2.45, 2.75) is 38.1 Å². The molecular weight excluding hydrogens is 394 g/mol. The van der Waals surface area contributed by atoms with Gasteiger partial charge in [-0.05, 0) is 25.3 Å². The molecular formula is C24H33N3O4. The van der Waals surface area contributed by atoms with Crippen LogP contribution < -0.4 is 24.8 Å². The summed E-state index contributed by atoms with van der Waals surface area (Å²) in [7, 11) is 3.36. The van der Waals surface area contributed by atoms with Gasteiger partial charge in [0.05, 0.1) is 27.4 Å². The average Bonchev–Trinajstić information content (AvgIpc) is 3.04. The Bertz CT molecular complexity index is 923. The molecule has 4 rings (SSSR count). The van der Waals surface area contributed by atoms with Crippen LogP contribution in [-0.4, -0.2) is 58.1 Å². The van der Waals surface area contributed by atoms with E-state index in [-0.39, 0.29) is 11.6 Å². The molecule has 2 fully saturated rings. The van der Waals surface area contributed by atoms with Crippen LogP contribution >= 0.6 is 0 Å². The van der Waals surface area contributed by atoms with Crippen LogP contribution in [0.2, 0.25) is 0 Å². The van der Waals surface area contributed by atoms with E-state index >= 15 is 0 Å². The van der Waals surface area contributed by atoms with E-state index in [1.807, 2.05) is 12.1 Å². The number of hydrogen-bond donors (Lipinski definition) is 1. The Balaban J connectivity index is 1.64. The second kappa shape index (κ2) is 10.1. The number of rotatable bonds is 6. The Labute approximate surface area is 183 Å². The van der Waals surface area contributed by atoms with Crippen LogP contribution in [0, 0.1) is 0 Å². The van der Waals surface area contributed by atoms with Crippen molar-refractivity contribution in [3.05, 3.63) is 46.2 Å². The van der Waals surface area contributed by atoms with Crippen molar-refractivity contribution in [1.82, 2.24) is 4.98 Å². The van der Waals surface area contributed by atoms with Crippen molar-refractivity contribution < 1.29 is 14.2 Å². The van der Waals surface area contributed by atoms with Gasteiger partial charge >= 0.3 is 0 Å². The maximum atomic E-state index is 12.6. The zero-order chi connectivity index (χ0) is 21.6. The molecule has 31 heavy (non-hydrogen) atoms. The van der Waals surface area contributed by atoms with E-state index < -0.39 is 0 Å². The summed E-state index contributed by atoms with van der Waals surface area (Å²) in [6.45, 7) is 3.95. The van der Waals surface area contributed by atoms with Gasteiger partial charge in [-0.15, -0.1) is 0 Å². The first-order valence-electron chi connectivity index (χ1n) is 11.2. The number of anilines is 2. The molecule has 7 nitrogen and oxygen atoms in total. The van der Waals surface area contributed by atoms with Crippen molar-refractivity contribution in [3.63, 3.8) is 0 Å². The highest BCUT2D eigenvalue weighted by Crippen LogP contribution is 2.34. The van der Waals surface area contributed by atoms with Crippen LogP contribution in [0.15, 0.2) is 35.1 Å². The minimum atomic E-state index is -0.0547. The summed E-state index contributed by atoms with van der Waals surface area (Å²) in [6.07, 6.45) is 5.42. The summed E-state index contributed by atoms with van der Waals surface area (Å²) in [5.74, 6) is 2.45. The molecule has 0 bridgehead atoms. The number of nitrogens with zero attached hydrogens (tertiary/aromatic N) is 2. The molecule has 2 saturated heterocycles. The smallest absolute Gasteiger partial charge is 0.251 e. The molecule has 1 aromatic heterocycles. The predicted molar refractivity (Wildman–Crippen MR) is 123 cm³/mol. The van der Waals surface area contributed by atoms with Gasteiger partial charge in [-0.2, -0.15) is 0 Å². The van der Waals surface area contributed by atoms with E-state index in [0.29, 0.717) is 13.2 Å². The van der Waals surface area contributed by atoms with Gasteiger partial charge < -0.3 is 29.0 Å². The van der Waals surface area contributed by atoms with E-state index in [0.717, 1.165) is 67.5 Å². The molecule has 0 spiro atoms. The SMILES string of the molecule is COc1cccc(CC2CCCCCN2c2cc(N3CCOCC3)cc(=O)[nH]2)c1OC. The molecule has 0 amide bonds. The molecule has 2 aliphatic heterocycles. The van der Waals surface area contributed by atoms with Crippen molar-refractivity contribution in [1.29, 1.82) is 0 Å². The highest BCUT2D eigenvalue weighted by Gasteiger charge is 2.25. The first-order valence-corrected chi connectivity index (χ1v) is 11.2. The summed E-state index contributed by atoms with van der Waals surface area (Å²) in [6, 6.07) is 10.2. The van der Waals surface area contributed by atoms with E-state index in [1.54, 1.807) is 20.3 Å². The molecule has 1 N–H and O–H groups in total. The second-order valence-electron chi connectivity index (χ2n) is 8.24. The van der Waals surface area contributed by atoms with Crippen molar-refractivity contribution in [2.24, 2.45) is 0 Å². The standard InChI is InChI=1S/C24H33N3O4/c1-29-21-9-6-7-18(24(21)30-2)15-19-8-4-3-5-10-27(19)22-16-20(17-23(28)25-22)26-11-13-31-14-12-26/h6-7,9,16-17,19H,3-5,8,10-15H2,1-2H3,(H,25,28). The minimum absolute atomic E-state index is 0.0547. The third-order valence-corrected chi connectivity index (χ3v) is 6.32. The van der Waals surface area contributed by atoms with Crippen LogP contribution in [0.5, 0.6) is 11.5 Å². The lowest BCUT2D eigenvalue weighted by Gasteiger charge is -2.34. The summed E-state index contributed by atoms with van der Waals surface area (Å²) in [5.41, 5.74) is 2.05. The fourth-order valence-corrected chi connectivity index (χ4v) is 4.75. The molecule has 2 aromatic rings. The number of pyridine rings is 1. The third kappa shape index (κ3) is 4.98. The number of benzene rings is 1. The molecule has 168 valence electrons. The Kier molecular flexibility index (Phi) is 7.02. The molecule has 0 saturated carbocycles. The van der Waals surface area contributed by atoms with Gasteiger partial charge in [0, 0.05) is 49.1 Å². The van der Waals surface area contributed by atoms with E-state index in [2.05, 4.69) is 26.9 Å². The topological polar surface area (TPSA) is 67.0 Å². The maximum Gasteiger partial charge on any atom is 0.251 e. The van der Waals surface area contributed by atoms with Crippen molar-refractivity contribution in [2.75, 3.05) is 56.9 Å². The molecule has 7 heteroatoms. The molecule has 3 heterocycles. The zero-order valence-electron chi connectivity index (χ0n) is 18.6. The van der Waals surface area contributed by atoms with Crippen LogP contribution in [0.25, 0.3) is 0 Å². The van der Waals surface area contributed by atoms with Gasteiger partial charge in [0.1, 0.15) is 5.82 Å².